The molecule has 1 heterocycles. The van der Waals surface area contributed by atoms with Crippen LogP contribution in [0.25, 0.3) is 0 Å². The van der Waals surface area contributed by atoms with E-state index in [1.807, 2.05) is 4.90 Å². The van der Waals surface area contributed by atoms with Gasteiger partial charge in [-0.15, -0.1) is 0 Å². The van der Waals surface area contributed by atoms with Crippen molar-refractivity contribution in [3.63, 3.8) is 0 Å². The van der Waals surface area contributed by atoms with Crippen LogP contribution < -0.4 is 0 Å². The van der Waals surface area contributed by atoms with E-state index in [0.29, 0.717) is 6.42 Å². The van der Waals surface area contributed by atoms with Crippen molar-refractivity contribution in [2.75, 3.05) is 6.54 Å². The van der Waals surface area contributed by atoms with Crippen LogP contribution >= 0.6 is 0 Å². The minimum Gasteiger partial charge on any atom is -0.481 e. The monoisotopic (exact) mass is 265 g/mol. The van der Waals surface area contributed by atoms with Crippen LogP contribution in [0.1, 0.15) is 51.4 Å². The number of rotatable bonds is 4. The van der Waals surface area contributed by atoms with Crippen molar-refractivity contribution >= 4 is 11.9 Å². The van der Waals surface area contributed by atoms with E-state index in [2.05, 4.69) is 12.2 Å². The van der Waals surface area contributed by atoms with E-state index in [4.69, 9.17) is 5.11 Å². The molecular formula is C15H23NO3. The minimum absolute atomic E-state index is 0.121. The zero-order valence-electron chi connectivity index (χ0n) is 11.4. The maximum Gasteiger partial charge on any atom is 0.303 e. The van der Waals surface area contributed by atoms with Crippen molar-refractivity contribution in [1.82, 2.24) is 4.90 Å². The topological polar surface area (TPSA) is 57.6 Å². The second-order valence-corrected chi connectivity index (χ2v) is 5.60. The van der Waals surface area contributed by atoms with Gasteiger partial charge in [0, 0.05) is 24.9 Å². The molecule has 19 heavy (non-hydrogen) atoms. The molecule has 2 atom stereocenters. The van der Waals surface area contributed by atoms with Crippen LogP contribution in [0.15, 0.2) is 12.2 Å². The molecular weight excluding hydrogens is 242 g/mol. The predicted molar refractivity (Wildman–Crippen MR) is 72.7 cm³/mol. The molecule has 106 valence electrons. The van der Waals surface area contributed by atoms with E-state index in [1.165, 1.54) is 0 Å². The number of carbonyl (C=O) groups is 2. The smallest absolute Gasteiger partial charge is 0.303 e. The van der Waals surface area contributed by atoms with E-state index in [1.54, 1.807) is 0 Å². The maximum atomic E-state index is 12.6. The summed E-state index contributed by atoms with van der Waals surface area (Å²) in [6, 6.07) is 0.142. The Balaban J connectivity index is 1.95. The van der Waals surface area contributed by atoms with Gasteiger partial charge < -0.3 is 10.0 Å². The number of carbonyl (C=O) groups excluding carboxylic acids is 1. The summed E-state index contributed by atoms with van der Waals surface area (Å²) in [5.74, 6) is -0.395. The first kappa shape index (κ1) is 14.1. The largest absolute Gasteiger partial charge is 0.481 e. The lowest BCUT2D eigenvalue weighted by atomic mass is 9.90. The Morgan fingerprint density at radius 3 is 2.74 bits per heavy atom. The van der Waals surface area contributed by atoms with Crippen molar-refractivity contribution in [2.24, 2.45) is 5.92 Å². The number of carboxylic acid groups (broad SMARTS) is 1. The molecule has 0 saturated carbocycles. The molecule has 1 saturated heterocycles. The molecule has 1 N–H and O–H groups in total. The van der Waals surface area contributed by atoms with Crippen LogP contribution in [-0.2, 0) is 9.59 Å². The molecule has 0 bridgehead atoms. The number of aliphatic carboxylic acids is 1. The molecule has 0 unspecified atom stereocenters. The lowest BCUT2D eigenvalue weighted by Crippen LogP contribution is -2.46. The third-order valence-corrected chi connectivity index (χ3v) is 4.22. The van der Waals surface area contributed by atoms with Gasteiger partial charge in [0.15, 0.2) is 0 Å². The molecule has 2 aliphatic rings. The van der Waals surface area contributed by atoms with E-state index >= 15 is 0 Å². The number of nitrogens with zero attached hydrogens (tertiary/aromatic N) is 1. The zero-order chi connectivity index (χ0) is 13.7. The van der Waals surface area contributed by atoms with Crippen LogP contribution in [0, 0.1) is 5.92 Å². The van der Waals surface area contributed by atoms with Crippen molar-refractivity contribution < 1.29 is 14.7 Å². The number of piperidine rings is 1. The fourth-order valence-electron chi connectivity index (χ4n) is 3.13. The Morgan fingerprint density at radius 1 is 1.21 bits per heavy atom. The Kier molecular flexibility index (Phi) is 5.00. The number of hydrogen-bond donors (Lipinski definition) is 1. The number of allylic oxidation sites excluding steroid dienone is 2. The van der Waals surface area contributed by atoms with Gasteiger partial charge >= 0.3 is 5.97 Å². The lowest BCUT2D eigenvalue weighted by molar-refractivity contribution is -0.142. The van der Waals surface area contributed by atoms with Crippen molar-refractivity contribution in [1.29, 1.82) is 0 Å². The third-order valence-electron chi connectivity index (χ3n) is 4.22. The maximum absolute atomic E-state index is 12.6. The van der Waals surface area contributed by atoms with Gasteiger partial charge in [0.1, 0.15) is 0 Å². The number of likely N-dealkylation sites (tertiary alicyclic amines) is 1. The van der Waals surface area contributed by atoms with E-state index in [9.17, 15) is 9.59 Å². The Morgan fingerprint density at radius 2 is 2.05 bits per heavy atom. The van der Waals surface area contributed by atoms with Crippen LogP contribution in [0.3, 0.4) is 0 Å². The Labute approximate surface area is 114 Å². The van der Waals surface area contributed by atoms with Gasteiger partial charge in [0.2, 0.25) is 5.91 Å². The first-order chi connectivity index (χ1) is 9.18. The Bertz CT molecular complexity index is 364. The highest BCUT2D eigenvalue weighted by atomic mass is 16.4. The van der Waals surface area contributed by atoms with E-state index in [0.717, 1.165) is 45.1 Å². The number of amides is 1. The molecule has 0 spiro atoms. The second-order valence-electron chi connectivity index (χ2n) is 5.60. The van der Waals surface area contributed by atoms with Gasteiger partial charge in [-0.3, -0.25) is 9.59 Å². The molecule has 0 radical (unpaired) electrons. The number of carboxylic acids is 1. The molecule has 0 aromatic carbocycles. The van der Waals surface area contributed by atoms with Gasteiger partial charge in [0.25, 0.3) is 0 Å². The SMILES string of the molecule is O=C(O)CC[C@@H]1CCCCN1C(=O)[C@H]1CC=CCC1. The summed E-state index contributed by atoms with van der Waals surface area (Å²) in [6.07, 6.45) is 10.9. The average Bonchev–Trinajstić information content (AvgIpc) is 2.45. The molecule has 1 aliphatic heterocycles. The first-order valence-corrected chi connectivity index (χ1v) is 7.35. The average molecular weight is 265 g/mol. The van der Waals surface area contributed by atoms with Gasteiger partial charge in [0.05, 0.1) is 0 Å². The molecule has 0 aromatic heterocycles. The Hall–Kier alpha value is -1.32. The van der Waals surface area contributed by atoms with Crippen molar-refractivity contribution in [2.45, 2.75) is 57.4 Å². The highest BCUT2D eigenvalue weighted by molar-refractivity contribution is 5.79. The molecule has 1 amide bonds. The van der Waals surface area contributed by atoms with Crippen LogP contribution in [0.2, 0.25) is 0 Å². The second kappa shape index (κ2) is 6.73. The fourth-order valence-corrected chi connectivity index (χ4v) is 3.13. The fraction of sp³-hybridized carbons (Fsp3) is 0.733. The normalized spacial score (nSPS) is 27.3. The standard InChI is InChI=1S/C15H23NO3/c17-14(18)10-9-13-8-4-5-11-16(13)15(19)12-6-2-1-3-7-12/h1-2,12-13H,3-11H2,(H,17,18)/t12-,13-/m0/s1. The van der Waals surface area contributed by atoms with Gasteiger partial charge in [-0.05, 0) is 44.9 Å². The minimum atomic E-state index is -0.765. The summed E-state index contributed by atoms with van der Waals surface area (Å²) in [6.45, 7) is 0.809. The molecule has 1 fully saturated rings. The summed E-state index contributed by atoms with van der Waals surface area (Å²) < 4.78 is 0. The van der Waals surface area contributed by atoms with Crippen molar-refractivity contribution in [3.05, 3.63) is 12.2 Å². The predicted octanol–water partition coefficient (Wildman–Crippen LogP) is 2.59. The zero-order valence-corrected chi connectivity index (χ0v) is 11.4. The van der Waals surface area contributed by atoms with E-state index < -0.39 is 5.97 Å². The van der Waals surface area contributed by atoms with Crippen LogP contribution in [0.4, 0.5) is 0 Å². The summed E-state index contributed by atoms with van der Waals surface area (Å²) in [4.78, 5) is 25.2. The lowest BCUT2D eigenvalue weighted by Gasteiger charge is -2.38. The molecule has 0 aromatic rings. The molecule has 4 heteroatoms. The third kappa shape index (κ3) is 3.82. The highest BCUT2D eigenvalue weighted by Gasteiger charge is 2.31. The summed E-state index contributed by atoms with van der Waals surface area (Å²) in [5, 5.41) is 8.81. The highest BCUT2D eigenvalue weighted by Crippen LogP contribution is 2.27. The van der Waals surface area contributed by atoms with E-state index in [-0.39, 0.29) is 24.3 Å². The van der Waals surface area contributed by atoms with Gasteiger partial charge in [-0.1, -0.05) is 12.2 Å². The van der Waals surface area contributed by atoms with Crippen molar-refractivity contribution in [3.8, 4) is 0 Å². The molecule has 2 rings (SSSR count). The van der Waals surface area contributed by atoms with Crippen LogP contribution in [0.5, 0.6) is 0 Å². The van der Waals surface area contributed by atoms with Gasteiger partial charge in [-0.25, -0.2) is 0 Å². The summed E-state index contributed by atoms with van der Waals surface area (Å²) >= 11 is 0. The molecule has 1 aliphatic carbocycles. The van der Waals surface area contributed by atoms with Gasteiger partial charge in [-0.2, -0.15) is 0 Å². The summed E-state index contributed by atoms with van der Waals surface area (Å²) in [5.41, 5.74) is 0. The summed E-state index contributed by atoms with van der Waals surface area (Å²) in [7, 11) is 0. The quantitative estimate of drug-likeness (QED) is 0.795. The first-order valence-electron chi connectivity index (χ1n) is 7.35. The molecule has 4 nitrogen and oxygen atoms in total. The number of hydrogen-bond acceptors (Lipinski definition) is 2. The van der Waals surface area contributed by atoms with Crippen LogP contribution in [-0.4, -0.2) is 34.5 Å².